The van der Waals surface area contributed by atoms with E-state index in [2.05, 4.69) is 179 Å². The van der Waals surface area contributed by atoms with Gasteiger partial charge >= 0.3 is 0 Å². The van der Waals surface area contributed by atoms with Crippen molar-refractivity contribution in [2.75, 3.05) is 0 Å². The summed E-state index contributed by atoms with van der Waals surface area (Å²) < 4.78 is 8.64. The molecule has 0 radical (unpaired) electrons. The zero-order valence-electron chi connectivity index (χ0n) is 32.2. The second kappa shape index (κ2) is 13.7. The first-order valence-electron chi connectivity index (χ1n) is 20.0. The first kappa shape index (κ1) is 33.9. The molecule has 280 valence electrons. The number of furan rings is 1. The minimum Gasteiger partial charge on any atom is -0.456 e. The van der Waals surface area contributed by atoms with Gasteiger partial charge in [-0.15, -0.1) is 0 Å². The van der Waals surface area contributed by atoms with E-state index in [9.17, 15) is 0 Å². The number of aromatic nitrogens is 5. The molecule has 0 aliphatic rings. The molecule has 0 bridgehead atoms. The van der Waals surface area contributed by atoms with Crippen LogP contribution in [-0.4, -0.2) is 24.5 Å². The molecule has 0 atom stereocenters. The van der Waals surface area contributed by atoms with Gasteiger partial charge in [0.2, 0.25) is 0 Å². The summed E-state index contributed by atoms with van der Waals surface area (Å²) in [6.07, 6.45) is 3.60. The topological polar surface area (TPSA) is 69.6 Å². The molecule has 12 aromatic rings. The normalized spacial score (nSPS) is 11.7. The zero-order valence-corrected chi connectivity index (χ0v) is 32.2. The van der Waals surface area contributed by atoms with Crippen LogP contribution in [0.1, 0.15) is 0 Å². The van der Waals surface area contributed by atoms with Crippen LogP contribution in [0.15, 0.2) is 205 Å². The third-order valence-corrected chi connectivity index (χ3v) is 11.6. The van der Waals surface area contributed by atoms with Crippen molar-refractivity contribution < 1.29 is 4.42 Å². The van der Waals surface area contributed by atoms with E-state index < -0.39 is 0 Å². The summed E-state index contributed by atoms with van der Waals surface area (Å²) in [7, 11) is 0. The third kappa shape index (κ3) is 5.57. The molecule has 0 saturated heterocycles. The van der Waals surface area contributed by atoms with Crippen LogP contribution < -0.4 is 0 Å². The van der Waals surface area contributed by atoms with Crippen molar-refractivity contribution in [3.05, 3.63) is 200 Å². The summed E-state index contributed by atoms with van der Waals surface area (Å²) in [5.41, 5.74) is 11.9. The average molecular weight is 768 g/mol. The van der Waals surface area contributed by atoms with E-state index in [0.29, 0.717) is 17.5 Å². The van der Waals surface area contributed by atoms with Crippen LogP contribution in [0.3, 0.4) is 0 Å². The van der Waals surface area contributed by atoms with Gasteiger partial charge in [0.1, 0.15) is 11.2 Å². The lowest BCUT2D eigenvalue weighted by Crippen LogP contribution is -2.03. The SMILES string of the molecule is c1ccc(-c2ccc3c(c2)c2ccccc2n3-c2ccccc2-c2nc(-c3ccc(-c4ccc5ccccc5c4)cc3)nc(-c3cccc4oc5ccncc5c34)n2)cc1. The van der Waals surface area contributed by atoms with Crippen LogP contribution in [0.25, 0.3) is 117 Å². The molecule has 0 spiro atoms. The Hall–Kier alpha value is -8.22. The molecule has 0 unspecified atom stereocenters. The van der Waals surface area contributed by atoms with Crippen molar-refractivity contribution in [3.63, 3.8) is 0 Å². The number of benzene rings is 8. The van der Waals surface area contributed by atoms with Crippen LogP contribution >= 0.6 is 0 Å². The predicted octanol–water partition coefficient (Wildman–Crippen LogP) is 13.8. The fourth-order valence-corrected chi connectivity index (χ4v) is 8.68. The predicted molar refractivity (Wildman–Crippen MR) is 244 cm³/mol. The Balaban J connectivity index is 1.06. The molecular formula is C54H33N5O. The molecule has 6 nitrogen and oxygen atoms in total. The summed E-state index contributed by atoms with van der Waals surface area (Å²) >= 11 is 0. The van der Waals surface area contributed by atoms with Crippen LogP contribution in [0.5, 0.6) is 0 Å². The third-order valence-electron chi connectivity index (χ3n) is 11.6. The van der Waals surface area contributed by atoms with Crippen molar-refractivity contribution in [1.82, 2.24) is 24.5 Å². The highest BCUT2D eigenvalue weighted by atomic mass is 16.3. The van der Waals surface area contributed by atoms with Crippen molar-refractivity contribution in [1.29, 1.82) is 0 Å². The Morgan fingerprint density at radius 1 is 0.383 bits per heavy atom. The zero-order chi connectivity index (χ0) is 39.6. The van der Waals surface area contributed by atoms with Gasteiger partial charge in [0.05, 0.1) is 16.7 Å². The van der Waals surface area contributed by atoms with E-state index in [1.807, 2.05) is 24.4 Å². The number of nitrogens with zero attached hydrogens (tertiary/aromatic N) is 5. The van der Waals surface area contributed by atoms with E-state index in [-0.39, 0.29) is 0 Å². The number of hydrogen-bond acceptors (Lipinski definition) is 5. The number of pyridine rings is 1. The lowest BCUT2D eigenvalue weighted by Gasteiger charge is -2.15. The molecule has 4 heterocycles. The number of para-hydroxylation sites is 2. The minimum atomic E-state index is 0.551. The molecule has 0 fully saturated rings. The highest BCUT2D eigenvalue weighted by Crippen LogP contribution is 2.40. The van der Waals surface area contributed by atoms with Crippen LogP contribution in [0.2, 0.25) is 0 Å². The molecule has 0 N–H and O–H groups in total. The lowest BCUT2D eigenvalue weighted by atomic mass is 10.00. The maximum Gasteiger partial charge on any atom is 0.166 e. The Morgan fingerprint density at radius 3 is 1.93 bits per heavy atom. The van der Waals surface area contributed by atoms with Gasteiger partial charge in [0, 0.05) is 50.6 Å². The molecule has 0 aliphatic carbocycles. The molecule has 12 rings (SSSR count). The van der Waals surface area contributed by atoms with Gasteiger partial charge in [-0.2, -0.15) is 0 Å². The summed E-state index contributed by atoms with van der Waals surface area (Å²) in [4.78, 5) is 20.3. The van der Waals surface area contributed by atoms with Crippen molar-refractivity contribution >= 4 is 54.5 Å². The molecule has 6 heteroatoms. The number of fused-ring (bicyclic) bond motifs is 7. The van der Waals surface area contributed by atoms with Crippen LogP contribution in [-0.2, 0) is 0 Å². The van der Waals surface area contributed by atoms with Crippen molar-refractivity contribution in [2.45, 2.75) is 0 Å². The molecular weight excluding hydrogens is 735 g/mol. The summed E-state index contributed by atoms with van der Waals surface area (Å²) in [6, 6.07) is 65.8. The number of hydrogen-bond donors (Lipinski definition) is 0. The second-order valence-corrected chi connectivity index (χ2v) is 15.1. The highest BCUT2D eigenvalue weighted by molar-refractivity contribution is 6.12. The smallest absolute Gasteiger partial charge is 0.166 e. The van der Waals surface area contributed by atoms with Gasteiger partial charge in [-0.1, -0.05) is 140 Å². The van der Waals surface area contributed by atoms with Gasteiger partial charge in [-0.05, 0) is 81.6 Å². The van der Waals surface area contributed by atoms with Gasteiger partial charge in [-0.25, -0.2) is 15.0 Å². The minimum absolute atomic E-state index is 0.551. The maximum absolute atomic E-state index is 6.30. The molecule has 8 aromatic carbocycles. The lowest BCUT2D eigenvalue weighted by molar-refractivity contribution is 0.668. The monoisotopic (exact) mass is 767 g/mol. The Labute approximate surface area is 344 Å². The highest BCUT2D eigenvalue weighted by Gasteiger charge is 2.21. The molecule has 0 aliphatic heterocycles. The van der Waals surface area contributed by atoms with Crippen molar-refractivity contribution in [2.24, 2.45) is 0 Å². The standard InChI is InChI=1S/C54H33N5O/c1-2-11-34(12-3-1)40-27-28-48-44(32-40)41-15-6-8-18-46(41)59(48)47-19-9-7-16-42(47)53-56-52(37-24-21-36(22-25-37)39-26-23-35-13-4-5-14-38(35)31-39)57-54(58-53)43-17-10-20-50-51(43)45-33-55-30-29-49(45)60-50/h1-33H. The maximum atomic E-state index is 6.30. The fourth-order valence-electron chi connectivity index (χ4n) is 8.68. The molecule has 4 aromatic heterocycles. The van der Waals surface area contributed by atoms with Gasteiger partial charge in [0.15, 0.2) is 17.5 Å². The Bertz CT molecular complexity index is 3610. The summed E-state index contributed by atoms with van der Waals surface area (Å²) in [5, 5.41) is 6.61. The van der Waals surface area contributed by atoms with Crippen molar-refractivity contribution in [3.8, 4) is 62.1 Å². The quantitative estimate of drug-likeness (QED) is 0.168. The van der Waals surface area contributed by atoms with Crippen LogP contribution in [0.4, 0.5) is 0 Å². The van der Waals surface area contributed by atoms with Crippen LogP contribution in [0, 0.1) is 0 Å². The summed E-state index contributed by atoms with van der Waals surface area (Å²) in [6.45, 7) is 0. The Morgan fingerprint density at radius 2 is 1.03 bits per heavy atom. The Kier molecular flexibility index (Phi) is 7.74. The molecule has 60 heavy (non-hydrogen) atoms. The average Bonchev–Trinajstić information content (AvgIpc) is 3.87. The largest absolute Gasteiger partial charge is 0.456 e. The number of rotatable bonds is 6. The summed E-state index contributed by atoms with van der Waals surface area (Å²) in [5.74, 6) is 1.70. The molecule has 0 amide bonds. The first-order chi connectivity index (χ1) is 29.7. The van der Waals surface area contributed by atoms with E-state index in [1.54, 1.807) is 6.20 Å². The van der Waals surface area contributed by atoms with E-state index >= 15 is 0 Å². The van der Waals surface area contributed by atoms with E-state index in [0.717, 1.165) is 66.5 Å². The van der Waals surface area contributed by atoms with E-state index in [1.165, 1.54) is 32.7 Å². The van der Waals surface area contributed by atoms with Gasteiger partial charge < -0.3 is 8.98 Å². The first-order valence-corrected chi connectivity index (χ1v) is 20.0. The molecule has 0 saturated carbocycles. The van der Waals surface area contributed by atoms with Gasteiger partial charge in [-0.3, -0.25) is 4.98 Å². The fraction of sp³-hybridized carbons (Fsp3) is 0. The van der Waals surface area contributed by atoms with E-state index in [4.69, 9.17) is 19.4 Å². The van der Waals surface area contributed by atoms with Gasteiger partial charge in [0.25, 0.3) is 0 Å². The second-order valence-electron chi connectivity index (χ2n) is 15.1.